The van der Waals surface area contributed by atoms with Crippen LogP contribution in [0.2, 0.25) is 0 Å². The minimum Gasteiger partial charge on any atom is -0.292 e. The third kappa shape index (κ3) is 4.09. The fraction of sp³-hybridized carbons (Fsp3) is 0.214. The topological polar surface area (TPSA) is 34.1 Å². The van der Waals surface area contributed by atoms with E-state index < -0.39 is 10.8 Å². The van der Waals surface area contributed by atoms with Gasteiger partial charge in [0.25, 0.3) is 0 Å². The van der Waals surface area contributed by atoms with Crippen molar-refractivity contribution < 1.29 is 9.00 Å². The summed E-state index contributed by atoms with van der Waals surface area (Å²) < 4.78 is 12.8. The minimum atomic E-state index is -1.17. The summed E-state index contributed by atoms with van der Waals surface area (Å²) in [5.41, 5.74) is 2.15. The number of carbonyl (C=O) groups excluding carboxylic acids is 1. The quantitative estimate of drug-likeness (QED) is 0.760. The maximum Gasteiger partial charge on any atom is 0.186 e. The van der Waals surface area contributed by atoms with Crippen molar-refractivity contribution in [1.82, 2.24) is 0 Å². The van der Waals surface area contributed by atoms with Crippen LogP contribution in [0.25, 0.3) is 0 Å². The number of rotatable bonds is 5. The summed E-state index contributed by atoms with van der Waals surface area (Å²) in [6, 6.07) is 9.72. The van der Waals surface area contributed by atoms with Crippen molar-refractivity contribution in [2.75, 3.05) is 5.75 Å². The molecule has 19 heavy (non-hydrogen) atoms. The zero-order valence-corrected chi connectivity index (χ0v) is 13.6. The number of hydrogen-bond acceptors (Lipinski definition) is 3. The Labute approximate surface area is 127 Å². The number of thiophene rings is 1. The van der Waals surface area contributed by atoms with Crippen LogP contribution in [0.5, 0.6) is 0 Å². The molecule has 2 nitrogen and oxygen atoms in total. The van der Waals surface area contributed by atoms with E-state index >= 15 is 0 Å². The van der Waals surface area contributed by atoms with Crippen molar-refractivity contribution in [2.45, 2.75) is 12.7 Å². The van der Waals surface area contributed by atoms with Gasteiger partial charge < -0.3 is 0 Å². The second-order valence-electron chi connectivity index (χ2n) is 4.24. The lowest BCUT2D eigenvalue weighted by molar-refractivity contribution is 0.102. The van der Waals surface area contributed by atoms with Gasteiger partial charge in [0.1, 0.15) is 0 Å². The number of halogens is 1. The molecule has 0 aliphatic heterocycles. The third-order valence-electron chi connectivity index (χ3n) is 2.57. The minimum absolute atomic E-state index is 0.0622. The van der Waals surface area contributed by atoms with Gasteiger partial charge in [0, 0.05) is 21.0 Å². The molecule has 0 radical (unpaired) electrons. The van der Waals surface area contributed by atoms with Gasteiger partial charge in [-0.1, -0.05) is 29.8 Å². The fourth-order valence-corrected chi connectivity index (χ4v) is 4.46. The number of hydrogen-bond donors (Lipinski definition) is 0. The highest BCUT2D eigenvalue weighted by Gasteiger charge is 2.15. The Kier molecular flexibility index (Phi) is 5.07. The molecule has 0 aliphatic carbocycles. The molecule has 0 bridgehead atoms. The highest BCUT2D eigenvalue weighted by atomic mass is 79.9. The summed E-state index contributed by atoms with van der Waals surface area (Å²) in [5.74, 6) is 0.441. The van der Waals surface area contributed by atoms with Crippen LogP contribution in [0.15, 0.2) is 40.2 Å². The third-order valence-corrected chi connectivity index (χ3v) is 5.69. The van der Waals surface area contributed by atoms with Crippen LogP contribution in [0.3, 0.4) is 0 Å². The molecule has 0 saturated carbocycles. The summed E-state index contributed by atoms with van der Waals surface area (Å²) in [6.45, 7) is 2.00. The summed E-state index contributed by atoms with van der Waals surface area (Å²) in [4.78, 5) is 12.6. The molecule has 2 rings (SSSR count). The molecule has 2 aromatic rings. The first-order valence-electron chi connectivity index (χ1n) is 5.73. The van der Waals surface area contributed by atoms with Crippen molar-refractivity contribution in [3.8, 4) is 0 Å². The van der Waals surface area contributed by atoms with E-state index in [2.05, 4.69) is 15.9 Å². The lowest BCUT2D eigenvalue weighted by atomic mass is 10.2. The monoisotopic (exact) mass is 356 g/mol. The van der Waals surface area contributed by atoms with Crippen molar-refractivity contribution in [3.05, 3.63) is 56.2 Å². The average molecular weight is 357 g/mol. The van der Waals surface area contributed by atoms with Crippen molar-refractivity contribution in [2.24, 2.45) is 0 Å². The molecule has 1 aromatic carbocycles. The van der Waals surface area contributed by atoms with Crippen LogP contribution in [0, 0.1) is 6.92 Å². The van der Waals surface area contributed by atoms with Crippen LogP contribution in [-0.4, -0.2) is 15.7 Å². The molecular formula is C14H13BrO2S2. The summed E-state index contributed by atoms with van der Waals surface area (Å²) in [5, 5.41) is 1.85. The molecule has 1 unspecified atom stereocenters. The SMILES string of the molecule is Cc1cccc(CS(=O)CC(=O)c2sccc2Br)c1. The first kappa shape index (κ1) is 14.6. The maximum atomic E-state index is 12.0. The number of ketones is 1. The van der Waals surface area contributed by atoms with Crippen LogP contribution in [-0.2, 0) is 16.6 Å². The van der Waals surface area contributed by atoms with E-state index in [1.807, 2.05) is 42.6 Å². The Hall–Kier alpha value is -0.780. The Bertz CT molecular complexity index is 619. The van der Waals surface area contributed by atoms with Crippen LogP contribution < -0.4 is 0 Å². The molecule has 0 saturated heterocycles. The van der Waals surface area contributed by atoms with Gasteiger partial charge in [-0.05, 0) is 39.9 Å². The number of carbonyl (C=O) groups is 1. The summed E-state index contributed by atoms with van der Waals surface area (Å²) in [7, 11) is -1.17. The fourth-order valence-electron chi connectivity index (χ4n) is 1.74. The predicted molar refractivity (Wildman–Crippen MR) is 84.2 cm³/mol. The number of benzene rings is 1. The zero-order valence-electron chi connectivity index (χ0n) is 10.4. The van der Waals surface area contributed by atoms with Gasteiger partial charge in [0.2, 0.25) is 0 Å². The molecule has 0 fully saturated rings. The first-order chi connectivity index (χ1) is 9.06. The van der Waals surface area contributed by atoms with E-state index in [-0.39, 0.29) is 11.5 Å². The Morgan fingerprint density at radius 1 is 1.37 bits per heavy atom. The Morgan fingerprint density at radius 3 is 2.79 bits per heavy atom. The molecule has 0 N–H and O–H groups in total. The van der Waals surface area contributed by atoms with E-state index in [4.69, 9.17) is 0 Å². The zero-order chi connectivity index (χ0) is 13.8. The van der Waals surface area contributed by atoms with Gasteiger partial charge in [-0.25, -0.2) is 0 Å². The van der Waals surface area contributed by atoms with Crippen LogP contribution in [0.4, 0.5) is 0 Å². The molecule has 1 heterocycles. The molecule has 1 aromatic heterocycles. The smallest absolute Gasteiger partial charge is 0.186 e. The Balaban J connectivity index is 1.99. The lowest BCUT2D eigenvalue weighted by Crippen LogP contribution is -2.11. The van der Waals surface area contributed by atoms with E-state index in [1.165, 1.54) is 11.3 Å². The Morgan fingerprint density at radius 2 is 2.16 bits per heavy atom. The van der Waals surface area contributed by atoms with Gasteiger partial charge >= 0.3 is 0 Å². The molecule has 1 atom stereocenters. The largest absolute Gasteiger partial charge is 0.292 e. The van der Waals surface area contributed by atoms with Crippen molar-refractivity contribution in [3.63, 3.8) is 0 Å². The van der Waals surface area contributed by atoms with Crippen LogP contribution >= 0.6 is 27.3 Å². The van der Waals surface area contributed by atoms with Gasteiger partial charge in [0.05, 0.1) is 10.6 Å². The molecule has 100 valence electrons. The average Bonchev–Trinajstić information content (AvgIpc) is 2.75. The second kappa shape index (κ2) is 6.59. The second-order valence-corrected chi connectivity index (χ2v) is 7.47. The molecule has 0 aliphatic rings. The normalized spacial score (nSPS) is 12.3. The van der Waals surface area contributed by atoms with Gasteiger partial charge in [-0.2, -0.15) is 0 Å². The highest BCUT2D eigenvalue weighted by Crippen LogP contribution is 2.23. The van der Waals surface area contributed by atoms with Crippen molar-refractivity contribution >= 4 is 43.8 Å². The predicted octanol–water partition coefficient (Wildman–Crippen LogP) is 3.95. The first-order valence-corrected chi connectivity index (χ1v) is 8.89. The van der Waals surface area contributed by atoms with Crippen LogP contribution in [0.1, 0.15) is 20.8 Å². The van der Waals surface area contributed by atoms with Gasteiger partial charge in [0.15, 0.2) is 5.78 Å². The maximum absolute atomic E-state index is 12.0. The standard InChI is InChI=1S/C14H13BrO2S2/c1-10-3-2-4-11(7-10)8-19(17)9-13(16)14-12(15)5-6-18-14/h2-7H,8-9H2,1H3. The van der Waals surface area contributed by atoms with E-state index in [0.717, 1.165) is 15.6 Å². The molecule has 0 amide bonds. The number of aryl methyl sites for hydroxylation is 1. The van der Waals surface area contributed by atoms with E-state index in [1.54, 1.807) is 0 Å². The van der Waals surface area contributed by atoms with Gasteiger partial charge in [-0.3, -0.25) is 9.00 Å². The van der Waals surface area contributed by atoms with Crippen molar-refractivity contribution in [1.29, 1.82) is 0 Å². The molecular weight excluding hydrogens is 344 g/mol. The van der Waals surface area contributed by atoms with E-state index in [0.29, 0.717) is 10.6 Å². The number of Topliss-reactive ketones (excluding diaryl/α,β-unsaturated/α-hetero) is 1. The van der Waals surface area contributed by atoms with Gasteiger partial charge in [-0.15, -0.1) is 11.3 Å². The highest BCUT2D eigenvalue weighted by molar-refractivity contribution is 9.10. The lowest BCUT2D eigenvalue weighted by Gasteiger charge is -2.03. The molecule has 5 heteroatoms. The van der Waals surface area contributed by atoms with E-state index in [9.17, 15) is 9.00 Å². The summed E-state index contributed by atoms with van der Waals surface area (Å²) in [6.07, 6.45) is 0. The molecule has 0 spiro atoms. The summed E-state index contributed by atoms with van der Waals surface area (Å²) >= 11 is 4.70.